The molecule has 0 bridgehead atoms. The topological polar surface area (TPSA) is 81.1 Å². The van der Waals surface area contributed by atoms with Gasteiger partial charge in [-0.3, -0.25) is 14.4 Å². The van der Waals surface area contributed by atoms with Gasteiger partial charge < -0.3 is 5.11 Å². The maximum atomic E-state index is 10.5. The van der Waals surface area contributed by atoms with Gasteiger partial charge in [-0.1, -0.05) is 0 Å². The van der Waals surface area contributed by atoms with Gasteiger partial charge in [0.15, 0.2) is 0 Å². The van der Waals surface area contributed by atoms with Crippen molar-refractivity contribution in [3.8, 4) is 0 Å². The first-order valence-electron chi connectivity index (χ1n) is 5.02. The van der Waals surface area contributed by atoms with Crippen molar-refractivity contribution in [2.45, 2.75) is 0 Å². The van der Waals surface area contributed by atoms with Gasteiger partial charge in [0.05, 0.1) is 12.4 Å². The first-order chi connectivity index (χ1) is 7.01. The fraction of sp³-hybridized carbons (Fsp3) is 1.00. The van der Waals surface area contributed by atoms with Crippen LogP contribution in [0.15, 0.2) is 0 Å². The molecule has 91 valence electrons. The van der Waals surface area contributed by atoms with Crippen LogP contribution in [0.25, 0.3) is 0 Å². The number of nitrogens with zero attached hydrogens (tertiary/aromatic N) is 2. The molecule has 0 atom stereocenters. The van der Waals surface area contributed by atoms with Gasteiger partial charge in [-0.15, -0.1) is 0 Å². The van der Waals surface area contributed by atoms with Crippen molar-refractivity contribution in [1.29, 1.82) is 0 Å². The molecule has 1 saturated heterocycles. The number of β-amino-alcohol motifs (C(OH)–C–C–N with tert-alkyl or cyclic N) is 1. The zero-order valence-corrected chi connectivity index (χ0v) is 13.6. The standard InChI is InChI=1S/C8H18N2O4S.K/c11-7-5-9-1-3-10(4-2-9)6-8-15(12,13)14;/h11H,1-8H2,(H,12,13,14);. The molecule has 1 radical (unpaired) electrons. The minimum absolute atomic E-state index is 0. The van der Waals surface area contributed by atoms with Crippen LogP contribution in [0.5, 0.6) is 0 Å². The van der Waals surface area contributed by atoms with Gasteiger partial charge in [-0.25, -0.2) is 0 Å². The summed E-state index contributed by atoms with van der Waals surface area (Å²) in [6.45, 7) is 4.46. The van der Waals surface area contributed by atoms with Crippen molar-refractivity contribution in [3.05, 3.63) is 0 Å². The second-order valence-electron chi connectivity index (χ2n) is 3.69. The number of hydrogen-bond donors (Lipinski definition) is 2. The summed E-state index contributed by atoms with van der Waals surface area (Å²) in [5.74, 6) is -0.201. The fourth-order valence-electron chi connectivity index (χ4n) is 1.62. The van der Waals surface area contributed by atoms with E-state index in [0.29, 0.717) is 13.1 Å². The molecule has 1 rings (SSSR count). The predicted molar refractivity (Wildman–Crippen MR) is 62.1 cm³/mol. The van der Waals surface area contributed by atoms with Crippen molar-refractivity contribution in [2.75, 3.05) is 51.6 Å². The maximum absolute atomic E-state index is 10.5. The summed E-state index contributed by atoms with van der Waals surface area (Å²) >= 11 is 0. The number of piperazine rings is 1. The molecule has 8 heteroatoms. The van der Waals surface area contributed by atoms with Gasteiger partial charge in [0.25, 0.3) is 10.1 Å². The van der Waals surface area contributed by atoms with E-state index in [1.165, 1.54) is 0 Å². The average molecular weight is 277 g/mol. The summed E-state index contributed by atoms with van der Waals surface area (Å²) in [5.41, 5.74) is 0. The van der Waals surface area contributed by atoms with Crippen molar-refractivity contribution in [3.63, 3.8) is 0 Å². The third kappa shape index (κ3) is 7.69. The van der Waals surface area contributed by atoms with Crippen molar-refractivity contribution in [2.24, 2.45) is 0 Å². The van der Waals surface area contributed by atoms with Crippen LogP contribution in [-0.4, -0.2) is 131 Å². The second kappa shape index (κ2) is 8.51. The van der Waals surface area contributed by atoms with Crippen molar-refractivity contribution < 1.29 is 18.1 Å². The van der Waals surface area contributed by atoms with Crippen LogP contribution >= 0.6 is 0 Å². The summed E-state index contributed by atoms with van der Waals surface area (Å²) in [5, 5.41) is 8.73. The molecule has 16 heavy (non-hydrogen) atoms. The zero-order chi connectivity index (χ0) is 11.3. The molecule has 1 fully saturated rings. The third-order valence-corrected chi connectivity index (χ3v) is 3.25. The normalized spacial score (nSPS) is 19.4. The molecular formula is C8H18KN2O4S. The van der Waals surface area contributed by atoms with E-state index in [1.807, 2.05) is 4.90 Å². The Labute approximate surface area is 139 Å². The molecule has 2 N–H and O–H groups in total. The van der Waals surface area contributed by atoms with Crippen LogP contribution in [0.2, 0.25) is 0 Å². The van der Waals surface area contributed by atoms with Gasteiger partial charge in [-0.2, -0.15) is 8.42 Å². The van der Waals surface area contributed by atoms with E-state index in [0.717, 1.165) is 26.2 Å². The third-order valence-electron chi connectivity index (χ3n) is 2.55. The van der Waals surface area contributed by atoms with E-state index in [2.05, 4.69) is 4.90 Å². The van der Waals surface area contributed by atoms with Crippen LogP contribution in [0, 0.1) is 0 Å². The fourth-order valence-corrected chi connectivity index (χ4v) is 2.11. The van der Waals surface area contributed by atoms with Gasteiger partial charge in [0.2, 0.25) is 0 Å². The summed E-state index contributed by atoms with van der Waals surface area (Å²) in [7, 11) is -3.84. The van der Waals surface area contributed by atoms with Gasteiger partial charge >= 0.3 is 0 Å². The number of hydrogen-bond acceptors (Lipinski definition) is 5. The molecule has 0 unspecified atom stereocenters. The van der Waals surface area contributed by atoms with Gasteiger partial charge in [0, 0.05) is 90.7 Å². The molecule has 0 aromatic rings. The van der Waals surface area contributed by atoms with Crippen LogP contribution in [0.1, 0.15) is 0 Å². The quantitative estimate of drug-likeness (QED) is 0.451. The molecule has 1 heterocycles. The molecule has 0 spiro atoms. The van der Waals surface area contributed by atoms with Crippen LogP contribution in [0.4, 0.5) is 0 Å². The molecule has 6 nitrogen and oxygen atoms in total. The molecule has 1 aliphatic heterocycles. The second-order valence-corrected chi connectivity index (χ2v) is 5.27. The Morgan fingerprint density at radius 2 is 1.44 bits per heavy atom. The Morgan fingerprint density at radius 3 is 1.81 bits per heavy atom. The molecule has 0 amide bonds. The monoisotopic (exact) mass is 277 g/mol. The van der Waals surface area contributed by atoms with Crippen molar-refractivity contribution >= 4 is 61.5 Å². The summed E-state index contributed by atoms with van der Waals surface area (Å²) in [6.07, 6.45) is 0. The van der Waals surface area contributed by atoms with E-state index in [9.17, 15) is 8.42 Å². The average Bonchev–Trinajstić information content (AvgIpc) is 2.16. The largest absolute Gasteiger partial charge is 0.395 e. The molecule has 0 saturated carbocycles. The van der Waals surface area contributed by atoms with Crippen molar-refractivity contribution in [1.82, 2.24) is 9.80 Å². The van der Waals surface area contributed by atoms with Crippen LogP contribution < -0.4 is 0 Å². The SMILES string of the molecule is O=S(=O)(O)CCN1CCN(CCO)CC1.[K]. The number of rotatable bonds is 5. The van der Waals surface area contributed by atoms with E-state index in [-0.39, 0.29) is 63.7 Å². The van der Waals surface area contributed by atoms with E-state index in [4.69, 9.17) is 9.66 Å². The van der Waals surface area contributed by atoms with Crippen LogP contribution in [-0.2, 0) is 10.1 Å². The van der Waals surface area contributed by atoms with Gasteiger partial charge in [-0.05, 0) is 0 Å². The minimum atomic E-state index is -3.84. The summed E-state index contributed by atoms with van der Waals surface area (Å²) in [6, 6.07) is 0. The molecule has 0 aromatic carbocycles. The predicted octanol–water partition coefficient (Wildman–Crippen LogP) is -1.90. The summed E-state index contributed by atoms with van der Waals surface area (Å²) < 4.78 is 29.6. The summed E-state index contributed by atoms with van der Waals surface area (Å²) in [4.78, 5) is 4.13. The Kier molecular flexibility index (Phi) is 9.27. The Hall–Kier alpha value is 1.43. The maximum Gasteiger partial charge on any atom is 0.266 e. The first-order valence-corrected chi connectivity index (χ1v) is 6.63. The molecule has 0 aliphatic carbocycles. The first kappa shape index (κ1) is 17.4. The van der Waals surface area contributed by atoms with E-state index >= 15 is 0 Å². The smallest absolute Gasteiger partial charge is 0.266 e. The zero-order valence-electron chi connectivity index (χ0n) is 9.67. The molecule has 1 aliphatic rings. The Balaban J connectivity index is 0.00000225. The Bertz CT molecular complexity index is 278. The number of aliphatic hydroxyl groups is 1. The number of aliphatic hydroxyl groups excluding tert-OH is 1. The minimum Gasteiger partial charge on any atom is -0.395 e. The van der Waals surface area contributed by atoms with E-state index < -0.39 is 10.1 Å². The Morgan fingerprint density at radius 1 is 1.00 bits per heavy atom. The van der Waals surface area contributed by atoms with Crippen LogP contribution in [0.3, 0.4) is 0 Å². The molecule has 0 aromatic heterocycles. The van der Waals surface area contributed by atoms with E-state index in [1.54, 1.807) is 0 Å². The molecular weight excluding hydrogens is 259 g/mol. The van der Waals surface area contributed by atoms with Gasteiger partial charge in [0.1, 0.15) is 0 Å².